The number of rotatable bonds is 5. The van der Waals surface area contributed by atoms with Crippen molar-refractivity contribution in [2.24, 2.45) is 0 Å². The summed E-state index contributed by atoms with van der Waals surface area (Å²) in [5.74, 6) is -0.921. The van der Waals surface area contributed by atoms with E-state index in [1.165, 1.54) is 6.07 Å². The predicted molar refractivity (Wildman–Crippen MR) is 151 cm³/mol. The van der Waals surface area contributed by atoms with Crippen LogP contribution in [0.3, 0.4) is 0 Å². The van der Waals surface area contributed by atoms with Crippen LogP contribution in [0.2, 0.25) is 0 Å². The standard InChI is InChI=1S/C31H33F3N6O/c1-30-9-7-20(37-30)16-39(17-30)28-22-13-23(33)25(21-5-2-10-38-11-3-6-24(21)38)26(34)27(22)35-29(36-28)41-18-31-8-4-12-40(31)15-19(32)14-31/h2-3,5-6,10-11,13,19-20,37H,4,7-9,12,14-18H2,1H3/t19-,20-,30-,31+/m1/s1. The van der Waals surface area contributed by atoms with Crippen LogP contribution in [0.5, 0.6) is 6.01 Å². The van der Waals surface area contributed by atoms with Crippen LogP contribution in [0.15, 0.2) is 42.7 Å². The van der Waals surface area contributed by atoms with Gasteiger partial charge in [0.2, 0.25) is 0 Å². The monoisotopic (exact) mass is 562 g/mol. The van der Waals surface area contributed by atoms with E-state index in [0.717, 1.165) is 32.2 Å². The Kier molecular flexibility index (Phi) is 5.60. The topological polar surface area (TPSA) is 57.9 Å². The van der Waals surface area contributed by atoms with Gasteiger partial charge in [0.25, 0.3) is 0 Å². The summed E-state index contributed by atoms with van der Waals surface area (Å²) in [6.07, 6.45) is 7.11. The quantitative estimate of drug-likeness (QED) is 0.365. The molecular weight excluding hydrogens is 529 g/mol. The van der Waals surface area contributed by atoms with Crippen LogP contribution in [0.4, 0.5) is 19.0 Å². The van der Waals surface area contributed by atoms with E-state index >= 15 is 8.78 Å². The number of nitrogens with one attached hydrogen (secondary N) is 1. The van der Waals surface area contributed by atoms with Crippen molar-refractivity contribution in [3.63, 3.8) is 0 Å². The lowest BCUT2D eigenvalue weighted by atomic mass is 9.95. The fourth-order valence-corrected chi connectivity index (χ4v) is 7.95. The summed E-state index contributed by atoms with van der Waals surface area (Å²) in [6.45, 7) is 5.01. The van der Waals surface area contributed by atoms with E-state index in [0.29, 0.717) is 48.3 Å². The molecule has 4 saturated heterocycles. The number of alkyl halides is 1. The number of benzene rings is 1. The van der Waals surface area contributed by atoms with Crippen molar-refractivity contribution in [2.75, 3.05) is 37.7 Å². The van der Waals surface area contributed by atoms with Gasteiger partial charge in [0.05, 0.1) is 16.6 Å². The van der Waals surface area contributed by atoms with Crippen molar-refractivity contribution in [1.29, 1.82) is 0 Å². The van der Waals surface area contributed by atoms with Crippen LogP contribution in [0.1, 0.15) is 39.0 Å². The second kappa shape index (κ2) is 9.06. The molecule has 3 aromatic heterocycles. The number of ether oxygens (including phenoxy) is 1. The van der Waals surface area contributed by atoms with Crippen LogP contribution in [-0.4, -0.2) is 75.3 Å². The molecule has 8 rings (SSSR count). The van der Waals surface area contributed by atoms with Crippen LogP contribution in [0.25, 0.3) is 27.5 Å². The zero-order chi connectivity index (χ0) is 27.9. The van der Waals surface area contributed by atoms with Gasteiger partial charge in [-0.25, -0.2) is 13.2 Å². The zero-order valence-corrected chi connectivity index (χ0v) is 23.0. The van der Waals surface area contributed by atoms with Crippen LogP contribution in [0, 0.1) is 11.6 Å². The third-order valence-electron chi connectivity index (χ3n) is 9.78. The van der Waals surface area contributed by atoms with Gasteiger partial charge in [-0.05, 0) is 63.4 Å². The maximum absolute atomic E-state index is 16.5. The Bertz CT molecular complexity index is 1680. The van der Waals surface area contributed by atoms with Gasteiger partial charge in [0.1, 0.15) is 29.9 Å². The zero-order valence-electron chi connectivity index (χ0n) is 23.0. The second-order valence-electron chi connectivity index (χ2n) is 12.7. The first kappa shape index (κ1) is 25.3. The number of halogens is 3. The Morgan fingerprint density at radius 2 is 1.98 bits per heavy atom. The molecule has 0 spiro atoms. The minimum absolute atomic E-state index is 0.0292. The summed E-state index contributed by atoms with van der Waals surface area (Å²) in [7, 11) is 0. The first-order valence-electron chi connectivity index (χ1n) is 14.6. The molecule has 1 aromatic carbocycles. The number of hydrogen-bond acceptors (Lipinski definition) is 6. The number of anilines is 1. The van der Waals surface area contributed by atoms with E-state index in [-0.39, 0.29) is 35.3 Å². The lowest BCUT2D eigenvalue weighted by molar-refractivity contribution is 0.107. The molecule has 0 unspecified atom stereocenters. The molecule has 1 N–H and O–H groups in total. The van der Waals surface area contributed by atoms with Crippen molar-refractivity contribution in [2.45, 2.75) is 62.3 Å². The van der Waals surface area contributed by atoms with Crippen molar-refractivity contribution in [3.8, 4) is 17.1 Å². The molecule has 7 heterocycles. The third kappa shape index (κ3) is 4.01. The lowest BCUT2D eigenvalue weighted by Crippen LogP contribution is -2.58. The first-order valence-corrected chi connectivity index (χ1v) is 14.6. The SMILES string of the molecule is C[C@@]12CC[C@H](CN(c3nc(OC[C@@]45CCCN4C[C@H](F)C5)nc4c(F)c(-c5cccn6cccc56)c(F)cc34)C1)N2. The number of hydrogen-bond donors (Lipinski definition) is 1. The molecule has 0 aliphatic carbocycles. The normalized spacial score (nSPS) is 29.6. The lowest BCUT2D eigenvalue weighted by Gasteiger charge is -2.40. The molecule has 4 aliphatic heterocycles. The number of fused-ring (bicyclic) bond motifs is 5. The van der Waals surface area contributed by atoms with Gasteiger partial charge in [-0.3, -0.25) is 4.90 Å². The summed E-state index contributed by atoms with van der Waals surface area (Å²) in [5.41, 5.74) is 0.556. The fraction of sp³-hybridized carbons (Fsp3) is 0.484. The highest BCUT2D eigenvalue weighted by Crippen LogP contribution is 2.42. The maximum Gasteiger partial charge on any atom is 0.319 e. The van der Waals surface area contributed by atoms with Gasteiger partial charge in [0.15, 0.2) is 5.82 Å². The van der Waals surface area contributed by atoms with Crippen LogP contribution in [-0.2, 0) is 0 Å². The molecule has 41 heavy (non-hydrogen) atoms. The molecule has 0 amide bonds. The van der Waals surface area contributed by atoms with Crippen LogP contribution < -0.4 is 15.0 Å². The maximum atomic E-state index is 16.5. The molecule has 7 nitrogen and oxygen atoms in total. The van der Waals surface area contributed by atoms with Crippen molar-refractivity contribution in [3.05, 3.63) is 54.4 Å². The van der Waals surface area contributed by atoms with Crippen LogP contribution >= 0.6 is 0 Å². The van der Waals surface area contributed by atoms with E-state index < -0.39 is 23.3 Å². The summed E-state index contributed by atoms with van der Waals surface area (Å²) in [5, 5.41) is 4.01. The average molecular weight is 563 g/mol. The molecule has 0 saturated carbocycles. The fourth-order valence-electron chi connectivity index (χ4n) is 7.95. The van der Waals surface area contributed by atoms with Gasteiger partial charge in [0, 0.05) is 61.0 Å². The largest absolute Gasteiger partial charge is 0.461 e. The highest BCUT2D eigenvalue weighted by molar-refractivity contribution is 5.95. The molecule has 2 bridgehead atoms. The van der Waals surface area contributed by atoms with E-state index in [1.54, 1.807) is 12.1 Å². The van der Waals surface area contributed by atoms with E-state index in [2.05, 4.69) is 27.0 Å². The summed E-state index contributed by atoms with van der Waals surface area (Å²) >= 11 is 0. The average Bonchev–Trinajstić information content (AvgIpc) is 3.70. The smallest absolute Gasteiger partial charge is 0.319 e. The van der Waals surface area contributed by atoms with Gasteiger partial charge in [-0.1, -0.05) is 6.07 Å². The predicted octanol–water partition coefficient (Wildman–Crippen LogP) is 5.11. The van der Waals surface area contributed by atoms with E-state index in [4.69, 9.17) is 9.72 Å². The first-order chi connectivity index (χ1) is 19.8. The second-order valence-corrected chi connectivity index (χ2v) is 12.7. The Labute approximate surface area is 236 Å². The van der Waals surface area contributed by atoms with Crippen molar-refractivity contribution >= 4 is 22.2 Å². The minimum atomic E-state index is -0.885. The minimum Gasteiger partial charge on any atom is -0.461 e. The van der Waals surface area contributed by atoms with Crippen molar-refractivity contribution < 1.29 is 17.9 Å². The Morgan fingerprint density at radius 3 is 2.83 bits per heavy atom. The number of piperazine rings is 1. The highest BCUT2D eigenvalue weighted by Gasteiger charge is 2.49. The number of aromatic nitrogens is 3. The molecule has 4 aromatic rings. The molecular formula is C31H33F3N6O. The molecule has 4 aliphatic rings. The van der Waals surface area contributed by atoms with E-state index in [1.807, 2.05) is 28.9 Å². The Balaban J connectivity index is 1.26. The molecule has 214 valence electrons. The molecule has 4 atom stereocenters. The molecule has 0 radical (unpaired) electrons. The summed E-state index contributed by atoms with van der Waals surface area (Å²) in [6, 6.07) is 8.86. The molecule has 10 heteroatoms. The highest BCUT2D eigenvalue weighted by atomic mass is 19.1. The summed E-state index contributed by atoms with van der Waals surface area (Å²) < 4.78 is 54.9. The van der Waals surface area contributed by atoms with Gasteiger partial charge in [-0.15, -0.1) is 0 Å². The number of nitrogens with zero attached hydrogens (tertiary/aromatic N) is 5. The van der Waals surface area contributed by atoms with E-state index in [9.17, 15) is 4.39 Å². The third-order valence-corrected chi connectivity index (χ3v) is 9.78. The molecule has 4 fully saturated rings. The summed E-state index contributed by atoms with van der Waals surface area (Å²) in [4.78, 5) is 13.6. The Hall–Kier alpha value is -3.37. The van der Waals surface area contributed by atoms with Gasteiger partial charge >= 0.3 is 6.01 Å². The van der Waals surface area contributed by atoms with Gasteiger partial charge in [-0.2, -0.15) is 9.97 Å². The van der Waals surface area contributed by atoms with Crippen molar-refractivity contribution in [1.82, 2.24) is 24.6 Å². The Morgan fingerprint density at radius 1 is 1.12 bits per heavy atom. The van der Waals surface area contributed by atoms with Gasteiger partial charge < -0.3 is 19.4 Å². The number of pyridine rings is 1.